The van der Waals surface area contributed by atoms with Gasteiger partial charge in [0, 0.05) is 18.2 Å². The predicted octanol–water partition coefficient (Wildman–Crippen LogP) is 4.01. The molecule has 132 valence electrons. The van der Waals surface area contributed by atoms with Crippen molar-refractivity contribution in [3.8, 4) is 11.4 Å². The van der Waals surface area contributed by atoms with Crippen LogP contribution < -0.4 is 0 Å². The van der Waals surface area contributed by atoms with Gasteiger partial charge in [0.1, 0.15) is 0 Å². The number of benzene rings is 2. The van der Waals surface area contributed by atoms with Gasteiger partial charge in [-0.25, -0.2) is 9.50 Å². The van der Waals surface area contributed by atoms with Crippen LogP contribution in [0.1, 0.15) is 39.5 Å². The smallest absolute Gasteiger partial charge is 0.252 e. The van der Waals surface area contributed by atoms with Crippen molar-refractivity contribution in [2.75, 3.05) is 0 Å². The summed E-state index contributed by atoms with van der Waals surface area (Å²) in [6, 6.07) is 18.2. The zero-order valence-electron chi connectivity index (χ0n) is 15.0. The third kappa shape index (κ3) is 2.81. The highest BCUT2D eigenvalue weighted by atomic mass is 16.1. The number of Topliss-reactive ketones (excluding diaryl/α,β-unsaturated/α-hetero) is 1. The van der Waals surface area contributed by atoms with E-state index in [4.69, 9.17) is 0 Å². The average molecular weight is 354 g/mol. The molecule has 0 fully saturated rings. The lowest BCUT2D eigenvalue weighted by Gasteiger charge is -2.23. The van der Waals surface area contributed by atoms with E-state index in [1.807, 2.05) is 30.3 Å². The van der Waals surface area contributed by atoms with Gasteiger partial charge in [-0.05, 0) is 24.8 Å². The van der Waals surface area contributed by atoms with Crippen LogP contribution in [0.5, 0.6) is 0 Å². The van der Waals surface area contributed by atoms with E-state index in [0.29, 0.717) is 23.6 Å². The van der Waals surface area contributed by atoms with Crippen LogP contribution in [0.15, 0.2) is 60.8 Å². The lowest BCUT2D eigenvalue weighted by Crippen LogP contribution is -2.21. The van der Waals surface area contributed by atoms with Crippen molar-refractivity contribution in [1.29, 1.82) is 0 Å². The molecule has 0 amide bonds. The molecule has 1 aliphatic carbocycles. The molecule has 0 bridgehead atoms. The molecular weight excluding hydrogens is 336 g/mol. The number of nitrogens with zero attached hydrogens (tertiary/aromatic N) is 4. The first-order valence-corrected chi connectivity index (χ1v) is 9.09. The van der Waals surface area contributed by atoms with E-state index in [1.54, 1.807) is 10.7 Å². The number of aromatic nitrogens is 4. The fourth-order valence-electron chi connectivity index (χ4n) is 3.67. The minimum Gasteiger partial charge on any atom is -0.294 e. The molecule has 0 spiro atoms. The van der Waals surface area contributed by atoms with Crippen LogP contribution in [-0.2, 0) is 6.42 Å². The Kier molecular flexibility index (Phi) is 3.60. The molecule has 0 radical (unpaired) electrons. The summed E-state index contributed by atoms with van der Waals surface area (Å²) in [6.45, 7) is 2.07. The fourth-order valence-corrected chi connectivity index (χ4v) is 3.67. The molecule has 27 heavy (non-hydrogen) atoms. The Bertz CT molecular complexity index is 1150. The normalized spacial score (nSPS) is 16.5. The number of fused-ring (bicyclic) bond motifs is 2. The van der Waals surface area contributed by atoms with E-state index in [0.717, 1.165) is 17.7 Å². The lowest BCUT2D eigenvalue weighted by molar-refractivity contribution is 0.0962. The molecule has 0 saturated heterocycles. The van der Waals surface area contributed by atoms with Gasteiger partial charge in [0.2, 0.25) is 0 Å². The van der Waals surface area contributed by atoms with E-state index in [1.165, 1.54) is 11.1 Å². The fraction of sp³-hybridized carbons (Fsp3) is 0.182. The van der Waals surface area contributed by atoms with Crippen LogP contribution in [0.2, 0.25) is 0 Å². The van der Waals surface area contributed by atoms with Crippen LogP contribution in [-0.4, -0.2) is 25.4 Å². The summed E-state index contributed by atoms with van der Waals surface area (Å²) >= 11 is 0. The van der Waals surface area contributed by atoms with Gasteiger partial charge in [-0.3, -0.25) is 4.79 Å². The topological polar surface area (TPSA) is 60.2 Å². The molecular formula is C22H18N4O. The molecule has 0 N–H and O–H groups in total. The Labute approximate surface area is 156 Å². The highest BCUT2D eigenvalue weighted by Crippen LogP contribution is 2.32. The van der Waals surface area contributed by atoms with E-state index >= 15 is 0 Å². The summed E-state index contributed by atoms with van der Waals surface area (Å²) in [7, 11) is 0. The second-order valence-corrected chi connectivity index (χ2v) is 7.09. The Morgan fingerprint density at radius 3 is 2.52 bits per heavy atom. The average Bonchev–Trinajstić information content (AvgIpc) is 3.11. The quantitative estimate of drug-likeness (QED) is 0.546. The summed E-state index contributed by atoms with van der Waals surface area (Å²) in [5, 5.41) is 4.50. The van der Waals surface area contributed by atoms with Gasteiger partial charge < -0.3 is 0 Å². The lowest BCUT2D eigenvalue weighted by atomic mass is 9.82. The molecule has 1 atom stereocenters. The largest absolute Gasteiger partial charge is 0.294 e. The first-order valence-electron chi connectivity index (χ1n) is 9.09. The van der Waals surface area contributed by atoms with Gasteiger partial charge in [0.25, 0.3) is 5.78 Å². The summed E-state index contributed by atoms with van der Waals surface area (Å²) in [6.07, 6.45) is 3.03. The highest BCUT2D eigenvalue weighted by Gasteiger charge is 2.28. The maximum Gasteiger partial charge on any atom is 0.252 e. The van der Waals surface area contributed by atoms with Crippen molar-refractivity contribution in [2.24, 2.45) is 0 Å². The van der Waals surface area contributed by atoms with E-state index in [9.17, 15) is 4.79 Å². The molecule has 2 heterocycles. The maximum atomic E-state index is 12.8. The number of aryl methyl sites for hydroxylation is 1. The third-order valence-electron chi connectivity index (χ3n) is 5.16. The number of carbonyl (C=O) groups is 1. The van der Waals surface area contributed by atoms with Crippen molar-refractivity contribution in [1.82, 2.24) is 19.6 Å². The number of hydrogen-bond acceptors (Lipinski definition) is 4. The molecule has 2 aromatic heterocycles. The minimum absolute atomic E-state index is 0.119. The van der Waals surface area contributed by atoms with Crippen molar-refractivity contribution >= 4 is 11.6 Å². The van der Waals surface area contributed by atoms with Crippen molar-refractivity contribution in [3.63, 3.8) is 0 Å². The zero-order valence-corrected chi connectivity index (χ0v) is 15.0. The van der Waals surface area contributed by atoms with E-state index < -0.39 is 0 Å². The number of hydrogen-bond donors (Lipinski definition) is 0. The molecule has 0 aliphatic heterocycles. The number of carbonyl (C=O) groups excluding carboxylic acids is 1. The van der Waals surface area contributed by atoms with Gasteiger partial charge >= 0.3 is 0 Å². The van der Waals surface area contributed by atoms with Crippen LogP contribution in [0.25, 0.3) is 17.2 Å². The number of ketones is 1. The minimum atomic E-state index is 0.119. The molecule has 0 unspecified atom stereocenters. The molecule has 1 aliphatic rings. The molecule has 5 rings (SSSR count). The zero-order chi connectivity index (χ0) is 18.4. The Morgan fingerprint density at radius 1 is 0.963 bits per heavy atom. The predicted molar refractivity (Wildman–Crippen MR) is 103 cm³/mol. The molecule has 0 saturated carbocycles. The maximum absolute atomic E-state index is 12.8. The summed E-state index contributed by atoms with van der Waals surface area (Å²) in [5.41, 5.74) is 4.82. The van der Waals surface area contributed by atoms with Crippen LogP contribution in [0.4, 0.5) is 0 Å². The molecule has 5 heteroatoms. The third-order valence-corrected chi connectivity index (χ3v) is 5.16. The van der Waals surface area contributed by atoms with Crippen LogP contribution in [0, 0.1) is 6.92 Å². The summed E-state index contributed by atoms with van der Waals surface area (Å²) in [4.78, 5) is 22.0. The highest BCUT2D eigenvalue weighted by molar-refractivity contribution is 5.98. The summed E-state index contributed by atoms with van der Waals surface area (Å²) < 4.78 is 1.62. The van der Waals surface area contributed by atoms with Crippen molar-refractivity contribution in [3.05, 3.63) is 83.2 Å². The van der Waals surface area contributed by atoms with Gasteiger partial charge in [-0.1, -0.05) is 60.2 Å². The van der Waals surface area contributed by atoms with Crippen molar-refractivity contribution < 1.29 is 4.79 Å². The van der Waals surface area contributed by atoms with Gasteiger partial charge in [-0.2, -0.15) is 4.98 Å². The van der Waals surface area contributed by atoms with Crippen LogP contribution in [0.3, 0.4) is 0 Å². The summed E-state index contributed by atoms with van der Waals surface area (Å²) in [5.74, 6) is 1.43. The second kappa shape index (κ2) is 6.13. The number of rotatable bonds is 2. The van der Waals surface area contributed by atoms with Crippen LogP contribution >= 0.6 is 0 Å². The Balaban J connectivity index is 1.55. The first kappa shape index (κ1) is 15.9. The van der Waals surface area contributed by atoms with Gasteiger partial charge in [0.05, 0.1) is 11.3 Å². The second-order valence-electron chi connectivity index (χ2n) is 7.09. The standard InChI is InChI=1S/C22H18N4O/c1-14-7-9-15(10-8-14)17-11-19-18(20(27)12-17)13-26-22(23-19)24-21(25-26)16-5-3-2-4-6-16/h2-10,13,17H,11-12H2,1H3/t17-/m1/s1. The Hall–Kier alpha value is -3.34. The van der Waals surface area contributed by atoms with Crippen molar-refractivity contribution in [2.45, 2.75) is 25.7 Å². The Morgan fingerprint density at radius 2 is 1.74 bits per heavy atom. The molecule has 2 aromatic carbocycles. The van der Waals surface area contributed by atoms with E-state index in [-0.39, 0.29) is 11.7 Å². The SMILES string of the molecule is Cc1ccc([C@H]2CC(=O)c3cn4nc(-c5ccccc5)nc4nc3C2)cc1. The molecule has 5 nitrogen and oxygen atoms in total. The monoisotopic (exact) mass is 354 g/mol. The van der Waals surface area contributed by atoms with Gasteiger partial charge in [-0.15, -0.1) is 5.10 Å². The van der Waals surface area contributed by atoms with Gasteiger partial charge in [0.15, 0.2) is 11.6 Å². The molecule has 4 aromatic rings. The van der Waals surface area contributed by atoms with E-state index in [2.05, 4.69) is 46.3 Å². The first-order chi connectivity index (χ1) is 13.2.